The van der Waals surface area contributed by atoms with Gasteiger partial charge in [-0.1, -0.05) is 54.6 Å². The van der Waals surface area contributed by atoms with E-state index in [0.717, 1.165) is 44.7 Å². The second kappa shape index (κ2) is 7.42. The molecule has 0 aliphatic carbocycles. The van der Waals surface area contributed by atoms with Crippen molar-refractivity contribution in [2.75, 3.05) is 0 Å². The fraction of sp³-hybridized carbons (Fsp3) is 0. The summed E-state index contributed by atoms with van der Waals surface area (Å²) in [5.41, 5.74) is 7.60. The van der Waals surface area contributed by atoms with E-state index < -0.39 is 0 Å². The zero-order valence-corrected chi connectivity index (χ0v) is 18.3. The van der Waals surface area contributed by atoms with Crippen molar-refractivity contribution in [1.29, 1.82) is 0 Å². The molecule has 0 radical (unpaired) electrons. The Hall–Kier alpha value is -4.70. The first-order valence-electron chi connectivity index (χ1n) is 11.4. The molecule has 0 unspecified atom stereocenters. The van der Waals surface area contributed by atoms with Crippen LogP contribution in [-0.2, 0) is 0 Å². The Balaban J connectivity index is 1.66. The van der Waals surface area contributed by atoms with Crippen LogP contribution < -0.4 is 0 Å². The van der Waals surface area contributed by atoms with Gasteiger partial charge >= 0.3 is 0 Å². The highest BCUT2D eigenvalue weighted by Crippen LogP contribution is 2.38. The Morgan fingerprint density at radius 1 is 0.529 bits per heavy atom. The zero-order chi connectivity index (χ0) is 22.5. The predicted molar refractivity (Wildman–Crippen MR) is 139 cm³/mol. The average molecular weight is 437 g/mol. The topological polar surface area (TPSA) is 35.6 Å². The summed E-state index contributed by atoms with van der Waals surface area (Å²) in [6.07, 6.45) is 3.68. The second-order valence-corrected chi connectivity index (χ2v) is 8.36. The molecule has 0 atom stereocenters. The van der Waals surface area contributed by atoms with E-state index in [4.69, 9.17) is 4.98 Å². The second-order valence-electron chi connectivity index (χ2n) is 8.36. The highest BCUT2D eigenvalue weighted by atomic mass is 15.1. The number of pyridine rings is 1. The zero-order valence-electron chi connectivity index (χ0n) is 18.3. The lowest BCUT2D eigenvalue weighted by Gasteiger charge is -2.09. The maximum absolute atomic E-state index is 5.25. The van der Waals surface area contributed by atoms with Crippen molar-refractivity contribution in [3.05, 3.63) is 122 Å². The van der Waals surface area contributed by atoms with Crippen LogP contribution in [0.2, 0.25) is 0 Å². The third-order valence-electron chi connectivity index (χ3n) is 6.41. The van der Waals surface area contributed by atoms with Gasteiger partial charge in [0, 0.05) is 40.1 Å². The largest absolute Gasteiger partial charge is 0.309 e. The number of para-hydroxylation sites is 3. The normalized spacial score (nSPS) is 11.5. The van der Waals surface area contributed by atoms with Crippen LogP contribution in [0.3, 0.4) is 0 Å². The van der Waals surface area contributed by atoms with Crippen molar-refractivity contribution in [3.8, 4) is 22.8 Å². The highest BCUT2D eigenvalue weighted by Gasteiger charge is 2.20. The molecule has 4 heteroatoms. The fourth-order valence-electron chi connectivity index (χ4n) is 4.98. The minimum atomic E-state index is 0.887. The number of fused-ring (bicyclic) bond motifs is 5. The van der Waals surface area contributed by atoms with Crippen LogP contribution in [0.4, 0.5) is 0 Å². The third kappa shape index (κ3) is 2.72. The highest BCUT2D eigenvalue weighted by molar-refractivity contribution is 6.20. The molecule has 0 bridgehead atoms. The molecular formula is C30H20N4. The molecule has 3 aromatic heterocycles. The maximum Gasteiger partial charge on any atom is 0.147 e. The predicted octanol–water partition coefficient (Wildman–Crippen LogP) is 7.18. The van der Waals surface area contributed by atoms with E-state index in [-0.39, 0.29) is 0 Å². The molecule has 4 nitrogen and oxygen atoms in total. The van der Waals surface area contributed by atoms with Gasteiger partial charge < -0.3 is 4.57 Å². The van der Waals surface area contributed by atoms with E-state index in [1.807, 2.05) is 18.3 Å². The van der Waals surface area contributed by atoms with Gasteiger partial charge in [-0.25, -0.2) is 4.98 Å². The van der Waals surface area contributed by atoms with Gasteiger partial charge in [-0.2, -0.15) is 0 Å². The van der Waals surface area contributed by atoms with Gasteiger partial charge in [0.05, 0.1) is 22.1 Å². The number of benzene rings is 4. The van der Waals surface area contributed by atoms with Crippen LogP contribution in [-0.4, -0.2) is 19.1 Å². The molecule has 34 heavy (non-hydrogen) atoms. The number of hydrogen-bond donors (Lipinski definition) is 0. The first-order chi connectivity index (χ1) is 16.9. The summed E-state index contributed by atoms with van der Waals surface area (Å²) < 4.78 is 4.57. The summed E-state index contributed by atoms with van der Waals surface area (Å²) in [5.74, 6) is 0.887. The average Bonchev–Trinajstić information content (AvgIpc) is 3.46. The van der Waals surface area contributed by atoms with E-state index in [9.17, 15) is 0 Å². The Labute approximate surface area is 196 Å². The van der Waals surface area contributed by atoms with Crippen molar-refractivity contribution in [1.82, 2.24) is 19.1 Å². The number of hydrogen-bond acceptors (Lipinski definition) is 2. The molecule has 0 saturated heterocycles. The maximum atomic E-state index is 5.25. The van der Waals surface area contributed by atoms with E-state index >= 15 is 0 Å². The van der Waals surface area contributed by atoms with Crippen LogP contribution in [0, 0.1) is 0 Å². The minimum absolute atomic E-state index is 0.887. The molecule has 4 aromatic carbocycles. The van der Waals surface area contributed by atoms with Gasteiger partial charge in [0.15, 0.2) is 0 Å². The Bertz CT molecular complexity index is 1780. The summed E-state index contributed by atoms with van der Waals surface area (Å²) >= 11 is 0. The summed E-state index contributed by atoms with van der Waals surface area (Å²) in [6, 6.07) is 38.0. The molecule has 3 heterocycles. The first-order valence-corrected chi connectivity index (χ1v) is 11.4. The number of aromatic nitrogens is 4. The van der Waals surface area contributed by atoms with Gasteiger partial charge in [0.1, 0.15) is 5.82 Å². The summed E-state index contributed by atoms with van der Waals surface area (Å²) in [6.45, 7) is 0. The van der Waals surface area contributed by atoms with E-state index in [2.05, 4.69) is 111 Å². The van der Waals surface area contributed by atoms with Crippen LogP contribution in [0.15, 0.2) is 122 Å². The van der Waals surface area contributed by atoms with E-state index in [1.54, 1.807) is 6.20 Å². The molecule has 0 aliphatic heterocycles. The molecule has 0 spiro atoms. The number of rotatable bonds is 3. The molecule has 0 N–H and O–H groups in total. The monoisotopic (exact) mass is 436 g/mol. The summed E-state index contributed by atoms with van der Waals surface area (Å²) in [5, 5.41) is 2.36. The van der Waals surface area contributed by atoms with Gasteiger partial charge in [-0.15, -0.1) is 0 Å². The Kier molecular flexibility index (Phi) is 4.11. The Morgan fingerprint density at radius 2 is 1.21 bits per heavy atom. The van der Waals surface area contributed by atoms with Crippen LogP contribution in [0.25, 0.3) is 55.6 Å². The van der Waals surface area contributed by atoms with E-state index in [1.165, 1.54) is 10.9 Å². The fourth-order valence-corrected chi connectivity index (χ4v) is 4.98. The SMILES string of the molecule is c1ccc(-n2c(-c3cccnc3)nc3c4c5ccccc5n(-c5ccccc5)c4ccc32)cc1. The van der Waals surface area contributed by atoms with Crippen molar-refractivity contribution in [2.24, 2.45) is 0 Å². The molecule has 0 saturated carbocycles. The molecular weight excluding hydrogens is 416 g/mol. The number of imidazole rings is 1. The van der Waals surface area contributed by atoms with Crippen LogP contribution in [0.5, 0.6) is 0 Å². The van der Waals surface area contributed by atoms with E-state index in [0.29, 0.717) is 0 Å². The molecule has 7 rings (SSSR count). The quantitative estimate of drug-likeness (QED) is 0.294. The molecule has 0 aliphatic rings. The van der Waals surface area contributed by atoms with Crippen molar-refractivity contribution in [2.45, 2.75) is 0 Å². The van der Waals surface area contributed by atoms with Crippen molar-refractivity contribution < 1.29 is 0 Å². The van der Waals surface area contributed by atoms with Gasteiger partial charge in [-0.3, -0.25) is 9.55 Å². The van der Waals surface area contributed by atoms with Crippen molar-refractivity contribution >= 4 is 32.8 Å². The molecule has 7 aromatic rings. The van der Waals surface area contributed by atoms with Gasteiger partial charge in [-0.05, 0) is 54.6 Å². The smallest absolute Gasteiger partial charge is 0.147 e. The number of nitrogens with zero attached hydrogens (tertiary/aromatic N) is 4. The summed E-state index contributed by atoms with van der Waals surface area (Å²) in [7, 11) is 0. The summed E-state index contributed by atoms with van der Waals surface area (Å²) in [4.78, 5) is 9.62. The Morgan fingerprint density at radius 3 is 1.94 bits per heavy atom. The standard InChI is InChI=1S/C30H20N4/c1-3-11-22(12-4-1)33-25-16-8-7-15-24(25)28-26(33)17-18-27-29(28)32-30(21-10-9-19-31-20-21)34(27)23-13-5-2-6-14-23/h1-20H. The van der Waals surface area contributed by atoms with Gasteiger partial charge in [0.2, 0.25) is 0 Å². The van der Waals surface area contributed by atoms with Crippen LogP contribution in [0.1, 0.15) is 0 Å². The van der Waals surface area contributed by atoms with Gasteiger partial charge in [0.25, 0.3) is 0 Å². The molecule has 160 valence electrons. The first kappa shape index (κ1) is 18.8. The van der Waals surface area contributed by atoms with Crippen LogP contribution >= 0.6 is 0 Å². The minimum Gasteiger partial charge on any atom is -0.309 e. The lowest BCUT2D eigenvalue weighted by atomic mass is 10.1. The molecule has 0 fully saturated rings. The lowest BCUT2D eigenvalue weighted by molar-refractivity contribution is 1.10. The lowest BCUT2D eigenvalue weighted by Crippen LogP contribution is -1.97. The van der Waals surface area contributed by atoms with Crippen molar-refractivity contribution in [3.63, 3.8) is 0 Å². The third-order valence-corrected chi connectivity index (χ3v) is 6.41. The molecule has 0 amide bonds.